The third-order valence-electron chi connectivity index (χ3n) is 4.37. The number of nitrogens with one attached hydrogen (secondary N) is 1. The fourth-order valence-corrected chi connectivity index (χ4v) is 3.89. The molecule has 4 heteroatoms. The molecule has 1 saturated carbocycles. The van der Waals surface area contributed by atoms with Gasteiger partial charge in [0.1, 0.15) is 0 Å². The Hall–Kier alpha value is -0.450. The molecule has 0 bridgehead atoms. The number of hydrogen-bond donors (Lipinski definition) is 1. The second kappa shape index (κ2) is 5.39. The van der Waals surface area contributed by atoms with Crippen molar-refractivity contribution in [2.75, 3.05) is 19.8 Å². The molecule has 2 aliphatic rings. The molecule has 3 nitrogen and oxygen atoms in total. The van der Waals surface area contributed by atoms with Gasteiger partial charge < -0.3 is 10.1 Å². The highest BCUT2D eigenvalue weighted by Gasteiger charge is 2.37. The van der Waals surface area contributed by atoms with E-state index in [0.717, 1.165) is 38.6 Å². The average molecular weight is 294 g/mol. The Kier molecular flexibility index (Phi) is 3.91. The molecule has 1 aromatic rings. The molecule has 0 amide bonds. The van der Waals surface area contributed by atoms with Crippen LogP contribution >= 0.6 is 11.3 Å². The molecule has 0 spiro atoms. The lowest BCUT2D eigenvalue weighted by Crippen LogP contribution is -2.37. The van der Waals surface area contributed by atoms with E-state index in [4.69, 9.17) is 9.72 Å². The van der Waals surface area contributed by atoms with Crippen LogP contribution in [-0.4, -0.2) is 30.8 Å². The SMILES string of the molecule is CC(C)(C)c1csc(CC2(CNC3CC3)CCOC2)n1. The second-order valence-corrected chi connectivity index (χ2v) is 8.45. The van der Waals surface area contributed by atoms with Crippen LogP contribution < -0.4 is 5.32 Å². The maximum Gasteiger partial charge on any atom is 0.0935 e. The van der Waals surface area contributed by atoms with Crippen molar-refractivity contribution in [3.8, 4) is 0 Å². The molecule has 1 aromatic heterocycles. The van der Waals surface area contributed by atoms with E-state index in [9.17, 15) is 0 Å². The molecule has 3 rings (SSSR count). The first-order valence-electron chi connectivity index (χ1n) is 7.73. The van der Waals surface area contributed by atoms with Crippen molar-refractivity contribution in [3.63, 3.8) is 0 Å². The predicted octanol–water partition coefficient (Wildman–Crippen LogP) is 3.14. The average Bonchev–Trinajstić information content (AvgIpc) is 2.89. The van der Waals surface area contributed by atoms with Gasteiger partial charge in [0.15, 0.2) is 0 Å². The summed E-state index contributed by atoms with van der Waals surface area (Å²) in [6, 6.07) is 0.772. The van der Waals surface area contributed by atoms with Crippen LogP contribution in [-0.2, 0) is 16.6 Å². The number of hydrogen-bond acceptors (Lipinski definition) is 4. The van der Waals surface area contributed by atoms with Gasteiger partial charge in [0.2, 0.25) is 0 Å². The second-order valence-electron chi connectivity index (χ2n) is 7.51. The van der Waals surface area contributed by atoms with E-state index in [-0.39, 0.29) is 10.8 Å². The normalized spacial score (nSPS) is 27.1. The molecule has 1 saturated heterocycles. The van der Waals surface area contributed by atoms with Gasteiger partial charge in [-0.1, -0.05) is 20.8 Å². The van der Waals surface area contributed by atoms with Crippen molar-refractivity contribution in [1.82, 2.24) is 10.3 Å². The molecule has 1 unspecified atom stereocenters. The predicted molar refractivity (Wildman–Crippen MR) is 83.4 cm³/mol. The summed E-state index contributed by atoms with van der Waals surface area (Å²) in [5, 5.41) is 7.20. The Bertz CT molecular complexity index is 453. The summed E-state index contributed by atoms with van der Waals surface area (Å²) >= 11 is 1.82. The zero-order valence-corrected chi connectivity index (χ0v) is 13.7. The van der Waals surface area contributed by atoms with Crippen LogP contribution in [0.3, 0.4) is 0 Å². The number of ether oxygens (including phenoxy) is 1. The number of aromatic nitrogens is 1. The Morgan fingerprint density at radius 1 is 1.45 bits per heavy atom. The van der Waals surface area contributed by atoms with E-state index < -0.39 is 0 Å². The summed E-state index contributed by atoms with van der Waals surface area (Å²) in [6.07, 6.45) is 4.93. The van der Waals surface area contributed by atoms with Gasteiger partial charge in [-0.25, -0.2) is 4.98 Å². The minimum absolute atomic E-state index is 0.153. The van der Waals surface area contributed by atoms with Crippen LogP contribution in [0.2, 0.25) is 0 Å². The van der Waals surface area contributed by atoms with Crippen molar-refractivity contribution >= 4 is 11.3 Å². The van der Waals surface area contributed by atoms with Gasteiger partial charge in [-0.15, -0.1) is 11.3 Å². The van der Waals surface area contributed by atoms with Crippen molar-refractivity contribution in [2.24, 2.45) is 5.41 Å². The van der Waals surface area contributed by atoms with E-state index in [1.807, 2.05) is 11.3 Å². The first-order chi connectivity index (χ1) is 9.47. The largest absolute Gasteiger partial charge is 0.381 e. The third-order valence-corrected chi connectivity index (χ3v) is 5.22. The maximum atomic E-state index is 5.70. The summed E-state index contributed by atoms with van der Waals surface area (Å²) in [7, 11) is 0. The Balaban J connectivity index is 1.67. The highest BCUT2D eigenvalue weighted by atomic mass is 32.1. The fourth-order valence-electron chi connectivity index (χ4n) is 2.70. The first-order valence-corrected chi connectivity index (χ1v) is 8.61. The topological polar surface area (TPSA) is 34.1 Å². The molecule has 0 radical (unpaired) electrons. The fraction of sp³-hybridized carbons (Fsp3) is 0.812. The van der Waals surface area contributed by atoms with Crippen molar-refractivity contribution in [3.05, 3.63) is 16.1 Å². The van der Waals surface area contributed by atoms with Gasteiger partial charge in [0, 0.05) is 41.8 Å². The maximum absolute atomic E-state index is 5.70. The summed E-state index contributed by atoms with van der Waals surface area (Å²) in [4.78, 5) is 4.87. The van der Waals surface area contributed by atoms with Gasteiger partial charge in [-0.05, 0) is 19.3 Å². The molecule has 0 aromatic carbocycles. The zero-order valence-electron chi connectivity index (χ0n) is 12.9. The molecule has 1 aliphatic carbocycles. The number of thiazole rings is 1. The summed E-state index contributed by atoms with van der Waals surface area (Å²) in [6.45, 7) is 9.57. The quantitative estimate of drug-likeness (QED) is 0.906. The summed E-state index contributed by atoms with van der Waals surface area (Å²) < 4.78 is 5.70. The summed E-state index contributed by atoms with van der Waals surface area (Å²) in [5.74, 6) is 0. The minimum atomic E-state index is 0.153. The van der Waals surface area contributed by atoms with Gasteiger partial charge in [0.05, 0.1) is 17.3 Å². The van der Waals surface area contributed by atoms with E-state index in [1.54, 1.807) is 0 Å². The molecular weight excluding hydrogens is 268 g/mol. The molecular formula is C16H26N2OS. The standard InChI is InChI=1S/C16H26N2OS/c1-15(2,3)13-9-20-14(18-13)8-16(6-7-19-11-16)10-17-12-4-5-12/h9,12,17H,4-8,10-11H2,1-3H3. The lowest BCUT2D eigenvalue weighted by atomic mass is 9.83. The van der Waals surface area contributed by atoms with Gasteiger partial charge in [-0.3, -0.25) is 0 Å². The van der Waals surface area contributed by atoms with Crippen LogP contribution in [0.1, 0.15) is 50.7 Å². The first kappa shape index (κ1) is 14.5. The van der Waals surface area contributed by atoms with E-state index in [0.29, 0.717) is 0 Å². The zero-order chi connectivity index (χ0) is 14.2. The molecule has 1 N–H and O–H groups in total. The van der Waals surface area contributed by atoms with Gasteiger partial charge in [-0.2, -0.15) is 0 Å². The summed E-state index contributed by atoms with van der Waals surface area (Å²) in [5.41, 5.74) is 1.65. The van der Waals surface area contributed by atoms with Gasteiger partial charge >= 0.3 is 0 Å². The van der Waals surface area contributed by atoms with Crippen molar-refractivity contribution in [2.45, 2.75) is 57.9 Å². The number of rotatable bonds is 5. The molecule has 1 aliphatic heterocycles. The molecule has 2 fully saturated rings. The van der Waals surface area contributed by atoms with Crippen LogP contribution in [0.25, 0.3) is 0 Å². The smallest absolute Gasteiger partial charge is 0.0935 e. The van der Waals surface area contributed by atoms with E-state index >= 15 is 0 Å². The van der Waals surface area contributed by atoms with E-state index in [1.165, 1.54) is 23.5 Å². The third kappa shape index (κ3) is 3.41. The lowest BCUT2D eigenvalue weighted by molar-refractivity contribution is 0.149. The minimum Gasteiger partial charge on any atom is -0.381 e. The molecule has 20 heavy (non-hydrogen) atoms. The Morgan fingerprint density at radius 3 is 2.80 bits per heavy atom. The molecule has 2 heterocycles. The van der Waals surface area contributed by atoms with Crippen LogP contribution in [0, 0.1) is 5.41 Å². The van der Waals surface area contributed by atoms with Crippen molar-refractivity contribution in [1.29, 1.82) is 0 Å². The van der Waals surface area contributed by atoms with Gasteiger partial charge in [0.25, 0.3) is 0 Å². The number of nitrogens with zero attached hydrogens (tertiary/aromatic N) is 1. The molecule has 112 valence electrons. The van der Waals surface area contributed by atoms with Crippen LogP contribution in [0.5, 0.6) is 0 Å². The highest BCUT2D eigenvalue weighted by Crippen LogP contribution is 2.35. The lowest BCUT2D eigenvalue weighted by Gasteiger charge is -2.27. The highest BCUT2D eigenvalue weighted by molar-refractivity contribution is 7.09. The van der Waals surface area contributed by atoms with Crippen LogP contribution in [0.4, 0.5) is 0 Å². The monoisotopic (exact) mass is 294 g/mol. The molecule has 1 atom stereocenters. The van der Waals surface area contributed by atoms with Crippen molar-refractivity contribution < 1.29 is 4.74 Å². The Labute approximate surface area is 126 Å². The Morgan fingerprint density at radius 2 is 2.25 bits per heavy atom. The van der Waals surface area contributed by atoms with Crippen LogP contribution in [0.15, 0.2) is 5.38 Å². The van der Waals surface area contributed by atoms with E-state index in [2.05, 4.69) is 31.5 Å².